The molecule has 6 rings (SSSR count). The number of para-hydroxylation sites is 1. The number of thiocarbonyl (C=S) groups is 1. The van der Waals surface area contributed by atoms with Crippen LogP contribution in [0.2, 0.25) is 0 Å². The molecule has 0 aliphatic carbocycles. The van der Waals surface area contributed by atoms with Crippen molar-refractivity contribution >= 4 is 29.0 Å². The summed E-state index contributed by atoms with van der Waals surface area (Å²) in [7, 11) is 0. The van der Waals surface area contributed by atoms with Crippen LogP contribution in [0, 0.1) is 0 Å². The van der Waals surface area contributed by atoms with E-state index in [2.05, 4.69) is 10.3 Å². The number of ether oxygens (including phenoxy) is 1. The maximum atomic E-state index is 11.2. The fourth-order valence-electron chi connectivity index (χ4n) is 4.67. The smallest absolute Gasteiger partial charge is 0.335 e. The number of pyridine rings is 1. The van der Waals surface area contributed by atoms with Crippen LogP contribution in [-0.2, 0) is 0 Å². The van der Waals surface area contributed by atoms with Gasteiger partial charge in [-0.1, -0.05) is 36.4 Å². The van der Waals surface area contributed by atoms with E-state index in [1.54, 1.807) is 30.5 Å². The molecule has 0 spiro atoms. The third kappa shape index (κ3) is 4.97. The normalized spacial score (nSPS) is 16.6. The first-order chi connectivity index (χ1) is 19.1. The number of aromatic carboxylic acids is 1. The molecular weight excluding hydrogens is 510 g/mol. The predicted octanol–water partition coefficient (Wildman–Crippen LogP) is 7.01. The molecule has 0 bridgehead atoms. The van der Waals surface area contributed by atoms with Crippen LogP contribution < -0.4 is 15.0 Å². The van der Waals surface area contributed by atoms with Gasteiger partial charge in [0.2, 0.25) is 0 Å². The van der Waals surface area contributed by atoms with Crippen molar-refractivity contribution in [1.82, 2.24) is 10.3 Å². The molecule has 192 valence electrons. The molecular formula is C31H23N3O4S. The minimum absolute atomic E-state index is 0.219. The Labute approximate surface area is 230 Å². The number of carboxylic acids is 1. The lowest BCUT2D eigenvalue weighted by atomic mass is 10.0. The Kier molecular flexibility index (Phi) is 6.52. The number of aromatic nitrogens is 1. The van der Waals surface area contributed by atoms with Crippen molar-refractivity contribution in [2.75, 3.05) is 4.90 Å². The number of carbonyl (C=O) groups is 1. The number of nitrogens with zero attached hydrogens (tertiary/aromatic N) is 2. The van der Waals surface area contributed by atoms with E-state index in [9.17, 15) is 9.90 Å². The molecule has 3 aromatic carbocycles. The van der Waals surface area contributed by atoms with E-state index >= 15 is 0 Å². The second kappa shape index (κ2) is 10.4. The number of hydrogen-bond acceptors (Lipinski definition) is 5. The van der Waals surface area contributed by atoms with Gasteiger partial charge in [-0.2, -0.15) is 0 Å². The highest BCUT2D eigenvalue weighted by Crippen LogP contribution is 2.43. The summed E-state index contributed by atoms with van der Waals surface area (Å²) in [5.74, 6) is 1.83. The molecule has 39 heavy (non-hydrogen) atoms. The quantitative estimate of drug-likeness (QED) is 0.216. The third-order valence-corrected chi connectivity index (χ3v) is 6.84. The molecule has 0 amide bonds. The molecule has 2 unspecified atom stereocenters. The first-order valence-electron chi connectivity index (χ1n) is 12.3. The van der Waals surface area contributed by atoms with Gasteiger partial charge in [-0.05, 0) is 85.0 Å². The van der Waals surface area contributed by atoms with Crippen molar-refractivity contribution < 1.29 is 19.1 Å². The predicted molar refractivity (Wildman–Crippen MR) is 152 cm³/mol. The molecule has 7 nitrogen and oxygen atoms in total. The minimum atomic E-state index is -0.971. The lowest BCUT2D eigenvalue weighted by Crippen LogP contribution is -2.29. The molecule has 2 N–H and O–H groups in total. The number of furan rings is 1. The van der Waals surface area contributed by atoms with Crippen molar-refractivity contribution in [2.45, 2.75) is 12.1 Å². The highest BCUT2D eigenvalue weighted by Gasteiger charge is 2.42. The molecule has 2 aromatic heterocycles. The van der Waals surface area contributed by atoms with Gasteiger partial charge in [0, 0.05) is 17.4 Å². The second-order valence-corrected chi connectivity index (χ2v) is 9.38. The van der Waals surface area contributed by atoms with Gasteiger partial charge in [0.1, 0.15) is 29.1 Å². The molecule has 1 fully saturated rings. The van der Waals surface area contributed by atoms with Gasteiger partial charge >= 0.3 is 5.97 Å². The standard InChI is InChI=1S/C31H23N3O4S/c35-30(36)21-11-9-20(10-12-21)26-17-18-27(38-26)29-28(25-8-4-5-19-32-25)33-31(39)34(29)22-13-15-24(16-14-22)37-23-6-2-1-3-7-23/h1-19,28-29H,(H,33,39)(H,35,36). The number of anilines is 1. The molecule has 1 aliphatic rings. The molecule has 0 saturated carbocycles. The van der Waals surface area contributed by atoms with Gasteiger partial charge < -0.3 is 24.5 Å². The van der Waals surface area contributed by atoms with E-state index in [4.69, 9.17) is 21.4 Å². The molecule has 1 saturated heterocycles. The average Bonchev–Trinajstić information content (AvgIpc) is 3.59. The molecule has 5 aromatic rings. The van der Waals surface area contributed by atoms with Crippen LogP contribution in [0.5, 0.6) is 11.5 Å². The highest BCUT2D eigenvalue weighted by atomic mass is 32.1. The van der Waals surface area contributed by atoms with Gasteiger partial charge in [0.25, 0.3) is 0 Å². The van der Waals surface area contributed by atoms with Crippen LogP contribution in [0.4, 0.5) is 5.69 Å². The maximum absolute atomic E-state index is 11.2. The molecule has 1 aliphatic heterocycles. The summed E-state index contributed by atoms with van der Waals surface area (Å²) >= 11 is 5.81. The lowest BCUT2D eigenvalue weighted by molar-refractivity contribution is 0.0697. The molecule has 3 heterocycles. The van der Waals surface area contributed by atoms with E-state index in [0.29, 0.717) is 22.4 Å². The summed E-state index contributed by atoms with van der Waals surface area (Å²) in [6.07, 6.45) is 1.76. The Hall–Kier alpha value is -4.95. The lowest BCUT2D eigenvalue weighted by Gasteiger charge is -2.26. The zero-order valence-corrected chi connectivity index (χ0v) is 21.4. The van der Waals surface area contributed by atoms with Crippen molar-refractivity contribution in [3.05, 3.63) is 132 Å². The zero-order chi connectivity index (χ0) is 26.8. The number of hydrogen-bond donors (Lipinski definition) is 2. The Balaban J connectivity index is 1.34. The van der Waals surface area contributed by atoms with E-state index in [1.165, 1.54) is 0 Å². The zero-order valence-electron chi connectivity index (χ0n) is 20.6. The summed E-state index contributed by atoms with van der Waals surface area (Å²) in [6, 6.07) is 33.0. The number of carboxylic acid groups (broad SMARTS) is 1. The van der Waals surface area contributed by atoms with Gasteiger partial charge in [0.15, 0.2) is 5.11 Å². The minimum Gasteiger partial charge on any atom is -0.478 e. The summed E-state index contributed by atoms with van der Waals surface area (Å²) in [4.78, 5) is 17.9. The molecule has 0 radical (unpaired) electrons. The summed E-state index contributed by atoms with van der Waals surface area (Å²) in [5.41, 5.74) is 2.71. The van der Waals surface area contributed by atoms with E-state index in [-0.39, 0.29) is 17.6 Å². The summed E-state index contributed by atoms with van der Waals surface area (Å²) in [6.45, 7) is 0. The van der Waals surface area contributed by atoms with Crippen LogP contribution >= 0.6 is 12.2 Å². The van der Waals surface area contributed by atoms with E-state index in [1.807, 2.05) is 89.8 Å². The third-order valence-electron chi connectivity index (χ3n) is 6.53. The largest absolute Gasteiger partial charge is 0.478 e. The molecule has 8 heteroatoms. The van der Waals surface area contributed by atoms with Crippen molar-refractivity contribution in [1.29, 1.82) is 0 Å². The fraction of sp³-hybridized carbons (Fsp3) is 0.0645. The van der Waals surface area contributed by atoms with Crippen LogP contribution in [0.1, 0.15) is 33.9 Å². The van der Waals surface area contributed by atoms with E-state index < -0.39 is 5.97 Å². The van der Waals surface area contributed by atoms with Gasteiger partial charge in [-0.15, -0.1) is 0 Å². The Morgan fingerprint density at radius 1 is 0.872 bits per heavy atom. The summed E-state index contributed by atoms with van der Waals surface area (Å²) < 4.78 is 12.3. The van der Waals surface area contributed by atoms with Gasteiger partial charge in [-0.3, -0.25) is 4.98 Å². The topological polar surface area (TPSA) is 87.8 Å². The highest BCUT2D eigenvalue weighted by molar-refractivity contribution is 7.80. The molecule has 2 atom stereocenters. The number of nitrogens with one attached hydrogen (secondary N) is 1. The van der Waals surface area contributed by atoms with Crippen molar-refractivity contribution in [3.8, 4) is 22.8 Å². The monoisotopic (exact) mass is 533 g/mol. The SMILES string of the molecule is O=C(O)c1ccc(-c2ccc(C3C(c4ccccn4)NC(=S)N3c3ccc(Oc4ccccc4)cc3)o2)cc1. The number of benzene rings is 3. The van der Waals surface area contributed by atoms with Crippen LogP contribution in [0.15, 0.2) is 120 Å². The van der Waals surface area contributed by atoms with Crippen LogP contribution in [0.3, 0.4) is 0 Å². The van der Waals surface area contributed by atoms with Gasteiger partial charge in [0.05, 0.1) is 17.3 Å². The van der Waals surface area contributed by atoms with Crippen molar-refractivity contribution in [2.24, 2.45) is 0 Å². The van der Waals surface area contributed by atoms with E-state index in [0.717, 1.165) is 22.7 Å². The maximum Gasteiger partial charge on any atom is 0.335 e. The van der Waals surface area contributed by atoms with Gasteiger partial charge in [-0.25, -0.2) is 4.79 Å². The Morgan fingerprint density at radius 2 is 1.59 bits per heavy atom. The fourth-order valence-corrected chi connectivity index (χ4v) is 5.01. The van der Waals surface area contributed by atoms with Crippen molar-refractivity contribution in [3.63, 3.8) is 0 Å². The second-order valence-electron chi connectivity index (χ2n) is 8.99. The van der Waals surface area contributed by atoms with Crippen LogP contribution in [-0.4, -0.2) is 21.2 Å². The Morgan fingerprint density at radius 3 is 2.28 bits per heavy atom. The average molecular weight is 534 g/mol. The Bertz CT molecular complexity index is 1600. The van der Waals surface area contributed by atoms with Crippen LogP contribution in [0.25, 0.3) is 11.3 Å². The first kappa shape index (κ1) is 24.4. The first-order valence-corrected chi connectivity index (χ1v) is 12.7. The summed E-state index contributed by atoms with van der Waals surface area (Å²) in [5, 5.41) is 13.2. The number of rotatable bonds is 7.